The summed E-state index contributed by atoms with van der Waals surface area (Å²) in [6.45, 7) is 5.98. The van der Waals surface area contributed by atoms with Crippen LogP contribution in [0.15, 0.2) is 0 Å². The number of amides is 2. The molecule has 0 bridgehead atoms. The smallest absolute Gasteiger partial charge is 0.320 e. The number of urea groups is 1. The van der Waals surface area contributed by atoms with Crippen LogP contribution in [0.5, 0.6) is 0 Å². The maximum absolute atomic E-state index is 12.1. The van der Waals surface area contributed by atoms with Crippen LogP contribution in [0.25, 0.3) is 0 Å². The van der Waals surface area contributed by atoms with Crippen molar-refractivity contribution in [2.75, 3.05) is 59.6 Å². The first-order chi connectivity index (χ1) is 11.6. The Labute approximate surface area is 144 Å². The molecule has 0 aromatic carbocycles. The van der Waals surface area contributed by atoms with E-state index in [-0.39, 0.29) is 12.1 Å². The van der Waals surface area contributed by atoms with Gasteiger partial charge in [0.05, 0.1) is 25.4 Å². The summed E-state index contributed by atoms with van der Waals surface area (Å²) < 4.78 is 11.1. The predicted octanol–water partition coefficient (Wildman–Crippen LogP) is 0.375. The van der Waals surface area contributed by atoms with Crippen molar-refractivity contribution in [1.29, 1.82) is 0 Å². The van der Waals surface area contributed by atoms with Gasteiger partial charge in [-0.05, 0) is 25.7 Å². The van der Waals surface area contributed by atoms with Gasteiger partial charge in [0.2, 0.25) is 0 Å². The number of likely N-dealkylation sites (N-methyl/N-ethyl adjacent to an activating group) is 1. The number of hydrogen-bond acceptors (Lipinski definition) is 5. The van der Waals surface area contributed by atoms with Gasteiger partial charge < -0.3 is 29.3 Å². The Balaban J connectivity index is 1.31. The molecule has 0 aromatic heterocycles. The Morgan fingerprint density at radius 3 is 2.67 bits per heavy atom. The molecule has 24 heavy (non-hydrogen) atoms. The Kier molecular flexibility index (Phi) is 6.32. The summed E-state index contributed by atoms with van der Waals surface area (Å²) in [5, 5.41) is 10.2. The zero-order valence-corrected chi connectivity index (χ0v) is 14.7. The maximum atomic E-state index is 12.1. The fourth-order valence-electron chi connectivity index (χ4n) is 3.88. The molecule has 7 nitrogen and oxygen atoms in total. The number of carbonyl (C=O) groups is 1. The molecule has 3 saturated heterocycles. The van der Waals surface area contributed by atoms with E-state index >= 15 is 0 Å². The average Bonchev–Trinajstić information content (AvgIpc) is 3.20. The quantitative estimate of drug-likeness (QED) is 0.725. The third-order valence-corrected chi connectivity index (χ3v) is 5.35. The van der Waals surface area contributed by atoms with Crippen LogP contribution >= 0.6 is 0 Å². The number of aliphatic hydroxyl groups excluding tert-OH is 1. The second kappa shape index (κ2) is 8.47. The van der Waals surface area contributed by atoms with Crippen molar-refractivity contribution < 1.29 is 19.4 Å². The van der Waals surface area contributed by atoms with E-state index in [9.17, 15) is 9.90 Å². The van der Waals surface area contributed by atoms with Crippen LogP contribution in [0.2, 0.25) is 0 Å². The standard InChI is InChI=1S/C17H31N3O4/c1-18-8-9-20(17(18)22)14-4-6-19(7-5-14)11-15(21)12-23-13-16-3-2-10-24-16/h14-16,21H,2-13H2,1H3/t15-,16-/m1/s1. The highest BCUT2D eigenvalue weighted by Crippen LogP contribution is 2.21. The predicted molar refractivity (Wildman–Crippen MR) is 90.0 cm³/mol. The second-order valence-corrected chi connectivity index (χ2v) is 7.26. The van der Waals surface area contributed by atoms with Gasteiger partial charge in [-0.15, -0.1) is 0 Å². The number of rotatable bonds is 7. The molecule has 3 aliphatic heterocycles. The summed E-state index contributed by atoms with van der Waals surface area (Å²) in [7, 11) is 1.87. The Bertz CT molecular complexity index is 409. The van der Waals surface area contributed by atoms with E-state index < -0.39 is 6.10 Å². The summed E-state index contributed by atoms with van der Waals surface area (Å²) in [4.78, 5) is 18.1. The molecule has 0 spiro atoms. The molecule has 2 atom stereocenters. The second-order valence-electron chi connectivity index (χ2n) is 7.26. The Morgan fingerprint density at radius 2 is 2.04 bits per heavy atom. The highest BCUT2D eigenvalue weighted by atomic mass is 16.5. The van der Waals surface area contributed by atoms with Crippen LogP contribution in [0.1, 0.15) is 25.7 Å². The average molecular weight is 341 g/mol. The number of β-amino-alcohol motifs (C(OH)–C–C–N with tert-alkyl or cyclic N) is 1. The first-order valence-electron chi connectivity index (χ1n) is 9.25. The number of ether oxygens (including phenoxy) is 2. The summed E-state index contributed by atoms with van der Waals surface area (Å²) in [6, 6.07) is 0.516. The van der Waals surface area contributed by atoms with Crippen molar-refractivity contribution in [3.05, 3.63) is 0 Å². The molecule has 3 aliphatic rings. The van der Waals surface area contributed by atoms with Gasteiger partial charge in [-0.25, -0.2) is 4.79 Å². The third kappa shape index (κ3) is 4.59. The third-order valence-electron chi connectivity index (χ3n) is 5.35. The molecule has 2 amide bonds. The number of piperidine rings is 1. The van der Waals surface area contributed by atoms with Gasteiger partial charge in [-0.2, -0.15) is 0 Å². The van der Waals surface area contributed by atoms with Gasteiger partial charge >= 0.3 is 6.03 Å². The molecular formula is C17H31N3O4. The molecular weight excluding hydrogens is 310 g/mol. The van der Waals surface area contributed by atoms with E-state index in [2.05, 4.69) is 4.90 Å². The number of hydrogen-bond donors (Lipinski definition) is 1. The Hall–Kier alpha value is -0.890. The lowest BCUT2D eigenvalue weighted by atomic mass is 10.0. The molecule has 1 N–H and O–H groups in total. The van der Waals surface area contributed by atoms with Crippen molar-refractivity contribution in [3.8, 4) is 0 Å². The number of carbonyl (C=O) groups excluding carboxylic acids is 1. The van der Waals surface area contributed by atoms with Crippen LogP contribution in [0.3, 0.4) is 0 Å². The lowest BCUT2D eigenvalue weighted by Gasteiger charge is -2.37. The minimum Gasteiger partial charge on any atom is -0.389 e. The number of likely N-dealkylation sites (tertiary alicyclic amines) is 1. The molecule has 0 saturated carbocycles. The van der Waals surface area contributed by atoms with Crippen molar-refractivity contribution >= 4 is 6.03 Å². The monoisotopic (exact) mass is 341 g/mol. The minimum atomic E-state index is -0.456. The zero-order valence-electron chi connectivity index (χ0n) is 14.7. The lowest BCUT2D eigenvalue weighted by molar-refractivity contribution is -0.0277. The highest BCUT2D eigenvalue weighted by molar-refractivity contribution is 5.76. The van der Waals surface area contributed by atoms with Gasteiger partial charge in [0.15, 0.2) is 0 Å². The first-order valence-corrected chi connectivity index (χ1v) is 9.25. The molecule has 7 heteroatoms. The van der Waals surface area contributed by atoms with Gasteiger partial charge in [-0.1, -0.05) is 0 Å². The first kappa shape index (κ1) is 17.9. The lowest BCUT2D eigenvalue weighted by Crippen LogP contribution is -2.48. The van der Waals surface area contributed by atoms with E-state index in [0.29, 0.717) is 25.8 Å². The molecule has 0 aliphatic carbocycles. The molecule has 3 heterocycles. The fraction of sp³-hybridized carbons (Fsp3) is 0.941. The summed E-state index contributed by atoms with van der Waals surface area (Å²) in [6.07, 6.45) is 3.91. The van der Waals surface area contributed by atoms with E-state index in [1.165, 1.54) is 0 Å². The largest absolute Gasteiger partial charge is 0.389 e. The number of nitrogens with zero attached hydrogens (tertiary/aromatic N) is 3. The topological polar surface area (TPSA) is 65.5 Å². The SMILES string of the molecule is CN1CCN(C2CCN(C[C@@H](O)COC[C@H]3CCCO3)CC2)C1=O. The van der Waals surface area contributed by atoms with Crippen LogP contribution in [0, 0.1) is 0 Å². The van der Waals surface area contributed by atoms with E-state index in [0.717, 1.165) is 58.5 Å². The van der Waals surface area contributed by atoms with Gasteiger partial charge in [-0.3, -0.25) is 0 Å². The summed E-state index contributed by atoms with van der Waals surface area (Å²) in [5.74, 6) is 0. The van der Waals surface area contributed by atoms with Crippen LogP contribution in [0.4, 0.5) is 4.79 Å². The molecule has 0 radical (unpaired) electrons. The molecule has 3 rings (SSSR count). The maximum Gasteiger partial charge on any atom is 0.320 e. The Morgan fingerprint density at radius 1 is 1.25 bits per heavy atom. The molecule has 0 unspecified atom stereocenters. The molecule has 3 fully saturated rings. The summed E-state index contributed by atoms with van der Waals surface area (Å²) >= 11 is 0. The molecule has 138 valence electrons. The van der Waals surface area contributed by atoms with E-state index in [4.69, 9.17) is 9.47 Å². The summed E-state index contributed by atoms with van der Waals surface area (Å²) in [5.41, 5.74) is 0. The van der Waals surface area contributed by atoms with E-state index in [1.807, 2.05) is 11.9 Å². The minimum absolute atomic E-state index is 0.163. The highest BCUT2D eigenvalue weighted by Gasteiger charge is 2.33. The van der Waals surface area contributed by atoms with Crippen molar-refractivity contribution in [1.82, 2.24) is 14.7 Å². The van der Waals surface area contributed by atoms with E-state index in [1.54, 1.807) is 4.90 Å². The number of aliphatic hydroxyl groups is 1. The van der Waals surface area contributed by atoms with Gasteiger partial charge in [0.25, 0.3) is 0 Å². The van der Waals surface area contributed by atoms with Gasteiger partial charge in [0.1, 0.15) is 0 Å². The van der Waals surface area contributed by atoms with Crippen LogP contribution < -0.4 is 0 Å². The van der Waals surface area contributed by atoms with Crippen LogP contribution in [-0.2, 0) is 9.47 Å². The zero-order chi connectivity index (χ0) is 16.9. The normalized spacial score (nSPS) is 28.1. The van der Waals surface area contributed by atoms with Crippen molar-refractivity contribution in [3.63, 3.8) is 0 Å². The van der Waals surface area contributed by atoms with Crippen molar-refractivity contribution in [2.45, 2.75) is 43.9 Å². The van der Waals surface area contributed by atoms with Gasteiger partial charge in [0, 0.05) is 52.4 Å². The fourth-order valence-corrected chi connectivity index (χ4v) is 3.88. The van der Waals surface area contributed by atoms with Crippen LogP contribution in [-0.4, -0.2) is 104 Å². The molecule has 0 aromatic rings. The van der Waals surface area contributed by atoms with Crippen molar-refractivity contribution in [2.24, 2.45) is 0 Å².